The lowest BCUT2D eigenvalue weighted by Crippen LogP contribution is -1.77. The molecule has 1 aromatic carbocycles. The van der Waals surface area contributed by atoms with E-state index in [4.69, 9.17) is 4.42 Å². The number of thioether (sulfide) groups is 1. The fourth-order valence-corrected chi connectivity index (χ4v) is 2.24. The van der Waals surface area contributed by atoms with E-state index in [0.29, 0.717) is 11.1 Å². The van der Waals surface area contributed by atoms with E-state index < -0.39 is 0 Å². The molecule has 0 N–H and O–H groups in total. The van der Waals surface area contributed by atoms with Crippen molar-refractivity contribution in [1.29, 1.82) is 0 Å². The van der Waals surface area contributed by atoms with Crippen LogP contribution in [0, 0.1) is 0 Å². The predicted molar refractivity (Wildman–Crippen MR) is 69.3 cm³/mol. The normalized spacial score (nSPS) is 10.5. The van der Waals surface area contributed by atoms with Gasteiger partial charge in [-0.15, -0.1) is 10.2 Å². The van der Waals surface area contributed by atoms with Crippen LogP contribution < -0.4 is 0 Å². The van der Waals surface area contributed by atoms with E-state index in [-0.39, 0.29) is 0 Å². The SMILES string of the molecule is ICCSc1nnc(-c2ccccc2)o1. The quantitative estimate of drug-likeness (QED) is 0.489. The second-order valence-electron chi connectivity index (χ2n) is 2.78. The third kappa shape index (κ3) is 2.94. The molecule has 0 spiro atoms. The van der Waals surface area contributed by atoms with Gasteiger partial charge in [-0.3, -0.25) is 0 Å². The van der Waals surface area contributed by atoms with Crippen LogP contribution in [0.5, 0.6) is 0 Å². The van der Waals surface area contributed by atoms with Gasteiger partial charge in [0.05, 0.1) is 0 Å². The van der Waals surface area contributed by atoms with Crippen molar-refractivity contribution in [2.75, 3.05) is 10.2 Å². The average Bonchev–Trinajstić information content (AvgIpc) is 2.76. The Balaban J connectivity index is 2.14. The highest BCUT2D eigenvalue weighted by molar-refractivity contribution is 14.1. The Kier molecular flexibility index (Phi) is 4.01. The summed E-state index contributed by atoms with van der Waals surface area (Å²) in [5.74, 6) is 1.59. The molecule has 0 atom stereocenters. The zero-order valence-electron chi connectivity index (χ0n) is 7.89. The molecule has 0 bridgehead atoms. The van der Waals surface area contributed by atoms with Crippen molar-refractivity contribution < 1.29 is 4.42 Å². The minimum absolute atomic E-state index is 0.589. The van der Waals surface area contributed by atoms with Gasteiger partial charge in [0, 0.05) is 15.7 Å². The molecule has 0 amide bonds. The molecule has 2 rings (SSSR count). The second kappa shape index (κ2) is 5.50. The maximum atomic E-state index is 5.51. The molecule has 0 aliphatic heterocycles. The van der Waals surface area contributed by atoms with Gasteiger partial charge in [0.1, 0.15) is 0 Å². The summed E-state index contributed by atoms with van der Waals surface area (Å²) in [6, 6.07) is 9.79. The van der Waals surface area contributed by atoms with E-state index in [2.05, 4.69) is 32.8 Å². The third-order valence-electron chi connectivity index (χ3n) is 1.73. The summed E-state index contributed by atoms with van der Waals surface area (Å²) in [6.07, 6.45) is 0. The van der Waals surface area contributed by atoms with Crippen LogP contribution >= 0.6 is 34.4 Å². The number of aromatic nitrogens is 2. The number of hydrogen-bond acceptors (Lipinski definition) is 4. The van der Waals surface area contributed by atoms with Crippen molar-refractivity contribution >= 4 is 34.4 Å². The molecule has 2 aromatic rings. The maximum Gasteiger partial charge on any atom is 0.276 e. The summed E-state index contributed by atoms with van der Waals surface area (Å²) in [6.45, 7) is 0. The van der Waals surface area contributed by atoms with Crippen LogP contribution in [0.4, 0.5) is 0 Å². The van der Waals surface area contributed by atoms with Crippen LogP contribution in [0.3, 0.4) is 0 Å². The summed E-state index contributed by atoms with van der Waals surface area (Å²) in [5.41, 5.74) is 0.964. The molecule has 0 aliphatic rings. The minimum atomic E-state index is 0.589. The van der Waals surface area contributed by atoms with Crippen molar-refractivity contribution in [1.82, 2.24) is 10.2 Å². The van der Waals surface area contributed by atoms with Crippen molar-refractivity contribution in [3.8, 4) is 11.5 Å². The molecule has 1 aromatic heterocycles. The predicted octanol–water partition coefficient (Wildman–Crippen LogP) is 3.26. The number of hydrogen-bond donors (Lipinski definition) is 0. The lowest BCUT2D eigenvalue weighted by atomic mass is 10.2. The second-order valence-corrected chi connectivity index (χ2v) is 4.90. The molecule has 15 heavy (non-hydrogen) atoms. The lowest BCUT2D eigenvalue weighted by molar-refractivity contribution is 0.466. The Hall–Kier alpha value is -0.560. The summed E-state index contributed by atoms with van der Waals surface area (Å²) >= 11 is 3.91. The molecular weight excluding hydrogens is 323 g/mol. The van der Waals surface area contributed by atoms with E-state index in [0.717, 1.165) is 15.7 Å². The molecule has 3 nitrogen and oxygen atoms in total. The lowest BCUT2D eigenvalue weighted by Gasteiger charge is -1.92. The van der Waals surface area contributed by atoms with Gasteiger partial charge in [0.25, 0.3) is 5.22 Å². The molecule has 1 heterocycles. The zero-order valence-corrected chi connectivity index (χ0v) is 10.9. The standard InChI is InChI=1S/C10H9IN2OS/c11-6-7-15-10-13-12-9(14-10)8-4-2-1-3-5-8/h1-5H,6-7H2. The highest BCUT2D eigenvalue weighted by atomic mass is 127. The third-order valence-corrected chi connectivity index (χ3v) is 3.82. The summed E-state index contributed by atoms with van der Waals surface area (Å²) in [7, 11) is 0. The molecular formula is C10H9IN2OS. The van der Waals surface area contributed by atoms with Gasteiger partial charge >= 0.3 is 0 Å². The van der Waals surface area contributed by atoms with Crippen LogP contribution in [-0.2, 0) is 0 Å². The van der Waals surface area contributed by atoms with Gasteiger partial charge in [-0.1, -0.05) is 52.6 Å². The van der Waals surface area contributed by atoms with E-state index in [9.17, 15) is 0 Å². The van der Waals surface area contributed by atoms with Crippen LogP contribution in [0.15, 0.2) is 40.0 Å². The van der Waals surface area contributed by atoms with Crippen molar-refractivity contribution in [2.24, 2.45) is 0 Å². The van der Waals surface area contributed by atoms with Crippen LogP contribution in [0.2, 0.25) is 0 Å². The highest BCUT2D eigenvalue weighted by Gasteiger charge is 2.07. The first kappa shape index (κ1) is 10.9. The highest BCUT2D eigenvalue weighted by Crippen LogP contribution is 2.22. The zero-order chi connectivity index (χ0) is 10.5. The number of nitrogens with zero attached hydrogens (tertiary/aromatic N) is 2. The van der Waals surface area contributed by atoms with Crippen LogP contribution in [0.25, 0.3) is 11.5 Å². The Bertz CT molecular complexity index is 418. The first-order chi connectivity index (χ1) is 7.40. The Morgan fingerprint density at radius 2 is 2.00 bits per heavy atom. The van der Waals surface area contributed by atoms with Gasteiger partial charge in [0.2, 0.25) is 5.89 Å². The van der Waals surface area contributed by atoms with E-state index in [1.807, 2.05) is 30.3 Å². The molecule has 0 aliphatic carbocycles. The van der Waals surface area contributed by atoms with Gasteiger partial charge in [0.15, 0.2) is 0 Å². The molecule has 0 radical (unpaired) electrons. The van der Waals surface area contributed by atoms with Crippen molar-refractivity contribution in [2.45, 2.75) is 5.22 Å². The molecule has 78 valence electrons. The Morgan fingerprint density at radius 3 is 2.73 bits per heavy atom. The molecule has 0 saturated heterocycles. The fourth-order valence-electron chi connectivity index (χ4n) is 1.09. The summed E-state index contributed by atoms with van der Waals surface area (Å²) < 4.78 is 6.58. The Morgan fingerprint density at radius 1 is 1.20 bits per heavy atom. The topological polar surface area (TPSA) is 38.9 Å². The van der Waals surface area contributed by atoms with E-state index >= 15 is 0 Å². The van der Waals surface area contributed by atoms with Gasteiger partial charge in [-0.25, -0.2) is 0 Å². The number of alkyl halides is 1. The van der Waals surface area contributed by atoms with Gasteiger partial charge in [-0.05, 0) is 12.1 Å². The number of benzene rings is 1. The maximum absolute atomic E-state index is 5.51. The molecule has 0 saturated carbocycles. The monoisotopic (exact) mass is 332 g/mol. The summed E-state index contributed by atoms with van der Waals surface area (Å²) in [4.78, 5) is 0. The van der Waals surface area contributed by atoms with Crippen LogP contribution in [0.1, 0.15) is 0 Å². The smallest absolute Gasteiger partial charge is 0.276 e. The van der Waals surface area contributed by atoms with Gasteiger partial charge in [-0.2, -0.15) is 0 Å². The van der Waals surface area contributed by atoms with E-state index in [1.54, 1.807) is 11.8 Å². The first-order valence-corrected chi connectivity index (χ1v) is 6.99. The average molecular weight is 332 g/mol. The van der Waals surface area contributed by atoms with Crippen molar-refractivity contribution in [3.63, 3.8) is 0 Å². The summed E-state index contributed by atoms with van der Waals surface area (Å²) in [5, 5.41) is 8.62. The van der Waals surface area contributed by atoms with E-state index in [1.165, 1.54) is 0 Å². The van der Waals surface area contributed by atoms with Gasteiger partial charge < -0.3 is 4.42 Å². The van der Waals surface area contributed by atoms with Crippen LogP contribution in [-0.4, -0.2) is 20.4 Å². The largest absolute Gasteiger partial charge is 0.411 e. The minimum Gasteiger partial charge on any atom is -0.411 e. The Labute approximate surface area is 106 Å². The molecule has 0 unspecified atom stereocenters. The van der Waals surface area contributed by atoms with Crippen molar-refractivity contribution in [3.05, 3.63) is 30.3 Å². The molecule has 0 fully saturated rings. The number of halogens is 1. The number of rotatable bonds is 4. The fraction of sp³-hybridized carbons (Fsp3) is 0.200. The first-order valence-electron chi connectivity index (χ1n) is 4.48. The molecule has 5 heteroatoms.